The molecule has 4 nitrogen and oxygen atoms in total. The van der Waals surface area contributed by atoms with Crippen LogP contribution in [0.4, 0.5) is 0 Å². The van der Waals surface area contributed by atoms with Crippen LogP contribution in [0.2, 0.25) is 0 Å². The second-order valence-corrected chi connectivity index (χ2v) is 7.85. The van der Waals surface area contributed by atoms with Crippen molar-refractivity contribution in [1.29, 1.82) is 0 Å². The fourth-order valence-electron chi connectivity index (χ4n) is 3.00. The lowest BCUT2D eigenvalue weighted by atomic mass is 10.1. The molecule has 0 spiro atoms. The van der Waals surface area contributed by atoms with Crippen molar-refractivity contribution in [1.82, 2.24) is 9.21 Å². The first kappa shape index (κ1) is 15.5. The van der Waals surface area contributed by atoms with E-state index >= 15 is 0 Å². The van der Waals surface area contributed by atoms with Crippen LogP contribution in [0.3, 0.4) is 0 Å². The number of fused-ring (bicyclic) bond motifs is 1. The molecule has 1 aliphatic heterocycles. The van der Waals surface area contributed by atoms with Gasteiger partial charge in [-0.05, 0) is 22.7 Å². The number of rotatable bonds is 4. The smallest absolute Gasteiger partial charge is 0.0565 e. The van der Waals surface area contributed by atoms with Gasteiger partial charge in [0.1, 0.15) is 0 Å². The van der Waals surface area contributed by atoms with E-state index in [9.17, 15) is 4.21 Å². The number of β-amino-alcohol motifs (C(OH)–C–C–N with tert-alkyl or cyclic N) is 1. The van der Waals surface area contributed by atoms with Gasteiger partial charge in [-0.25, -0.2) is 8.51 Å². The van der Waals surface area contributed by atoms with Gasteiger partial charge in [0.2, 0.25) is 0 Å². The van der Waals surface area contributed by atoms with Crippen LogP contribution in [-0.2, 0) is 9.71 Å². The molecule has 1 aliphatic rings. The second-order valence-electron chi connectivity index (χ2n) is 5.61. The van der Waals surface area contributed by atoms with Gasteiger partial charge in [0, 0.05) is 32.7 Å². The summed E-state index contributed by atoms with van der Waals surface area (Å²) in [6, 6.07) is 13.9. The number of aliphatic hydroxyl groups is 1. The highest BCUT2D eigenvalue weighted by molar-refractivity contribution is 7.98. The van der Waals surface area contributed by atoms with Gasteiger partial charge in [0.15, 0.2) is 0 Å². The molecule has 118 valence electrons. The van der Waals surface area contributed by atoms with Gasteiger partial charge in [0.05, 0.1) is 21.2 Å². The number of benzene rings is 2. The van der Waals surface area contributed by atoms with Crippen LogP contribution < -0.4 is 0 Å². The number of nitrogens with zero attached hydrogens (tertiary/aromatic N) is 2. The summed E-state index contributed by atoms with van der Waals surface area (Å²) in [5, 5.41) is 11.1. The third-order valence-corrected chi connectivity index (χ3v) is 6.50. The van der Waals surface area contributed by atoms with E-state index in [1.54, 1.807) is 0 Å². The minimum atomic E-state index is -2.48. The van der Waals surface area contributed by atoms with E-state index < -0.39 is 9.71 Å². The average Bonchev–Trinajstić information content (AvgIpc) is 2.55. The SMILES string of the molecule is C=S(=O)(c1cccc2ccccc12)N1CCN(CCO)CC1. The van der Waals surface area contributed by atoms with Crippen molar-refractivity contribution in [3.05, 3.63) is 42.5 Å². The van der Waals surface area contributed by atoms with E-state index in [2.05, 4.69) is 10.8 Å². The molecule has 1 heterocycles. The fraction of sp³-hybridized carbons (Fsp3) is 0.353. The van der Waals surface area contributed by atoms with Crippen molar-refractivity contribution >= 4 is 26.4 Å². The molecule has 0 radical (unpaired) electrons. The van der Waals surface area contributed by atoms with Crippen LogP contribution in [0.25, 0.3) is 10.8 Å². The molecule has 0 saturated carbocycles. The van der Waals surface area contributed by atoms with E-state index in [0.29, 0.717) is 19.6 Å². The third-order valence-electron chi connectivity index (χ3n) is 4.26. The van der Waals surface area contributed by atoms with Crippen LogP contribution in [0, 0.1) is 0 Å². The molecular weight excluding hydrogens is 296 g/mol. The molecule has 3 rings (SSSR count). The molecule has 2 aromatic rings. The zero-order valence-electron chi connectivity index (χ0n) is 12.6. The summed E-state index contributed by atoms with van der Waals surface area (Å²) in [7, 11) is -2.48. The van der Waals surface area contributed by atoms with Gasteiger partial charge < -0.3 is 5.11 Å². The Balaban J connectivity index is 1.90. The van der Waals surface area contributed by atoms with Gasteiger partial charge in [-0.15, -0.1) is 0 Å². The van der Waals surface area contributed by atoms with Crippen molar-refractivity contribution in [2.24, 2.45) is 0 Å². The van der Waals surface area contributed by atoms with Gasteiger partial charge in [0.25, 0.3) is 0 Å². The second kappa shape index (κ2) is 6.38. The Morgan fingerprint density at radius 2 is 1.73 bits per heavy atom. The Morgan fingerprint density at radius 1 is 1.05 bits per heavy atom. The minimum absolute atomic E-state index is 0.170. The first-order chi connectivity index (χ1) is 10.6. The quantitative estimate of drug-likeness (QED) is 0.868. The highest BCUT2D eigenvalue weighted by Gasteiger charge is 2.24. The lowest BCUT2D eigenvalue weighted by Crippen LogP contribution is -2.49. The molecular formula is C17H22N2O2S. The van der Waals surface area contributed by atoms with Crippen molar-refractivity contribution in [2.45, 2.75) is 4.90 Å². The highest BCUT2D eigenvalue weighted by atomic mass is 32.2. The van der Waals surface area contributed by atoms with Crippen LogP contribution in [0.1, 0.15) is 0 Å². The molecule has 1 N–H and O–H groups in total. The first-order valence-corrected chi connectivity index (χ1v) is 9.24. The van der Waals surface area contributed by atoms with Crippen molar-refractivity contribution in [3.8, 4) is 0 Å². The van der Waals surface area contributed by atoms with Gasteiger partial charge >= 0.3 is 0 Å². The van der Waals surface area contributed by atoms with Crippen LogP contribution in [0.15, 0.2) is 47.4 Å². The van der Waals surface area contributed by atoms with Crippen molar-refractivity contribution in [2.75, 3.05) is 39.3 Å². The Hall–Kier alpha value is -1.40. The van der Waals surface area contributed by atoms with Gasteiger partial charge in [-0.2, -0.15) is 0 Å². The summed E-state index contributed by atoms with van der Waals surface area (Å²) in [4.78, 5) is 3.01. The van der Waals surface area contributed by atoms with E-state index in [1.165, 1.54) is 0 Å². The molecule has 5 heteroatoms. The number of hydrogen-bond acceptors (Lipinski definition) is 3. The maximum atomic E-state index is 13.4. The molecule has 1 fully saturated rings. The summed E-state index contributed by atoms with van der Waals surface area (Å²) in [6.07, 6.45) is 0. The molecule has 0 aliphatic carbocycles. The maximum Gasteiger partial charge on any atom is 0.0565 e. The number of aliphatic hydroxyl groups excluding tert-OH is 1. The molecule has 22 heavy (non-hydrogen) atoms. The lowest BCUT2D eigenvalue weighted by Gasteiger charge is -2.36. The monoisotopic (exact) mass is 318 g/mol. The first-order valence-electron chi connectivity index (χ1n) is 7.56. The average molecular weight is 318 g/mol. The van der Waals surface area contributed by atoms with E-state index in [4.69, 9.17) is 5.11 Å². The Kier molecular flexibility index (Phi) is 4.49. The number of piperazine rings is 1. The highest BCUT2D eigenvalue weighted by Crippen LogP contribution is 2.26. The summed E-state index contributed by atoms with van der Waals surface area (Å²) in [5.74, 6) is 4.07. The Bertz CT molecular complexity index is 745. The standard InChI is InChI=1S/C17H22N2O2S/c1-22(21,19-11-9-18(10-12-19)13-14-20)17-8-4-6-15-5-2-3-7-16(15)17/h2-8,20H,1,9-14H2. The molecule has 1 saturated heterocycles. The summed E-state index contributed by atoms with van der Waals surface area (Å²) in [6.45, 7) is 3.91. The van der Waals surface area contributed by atoms with Crippen LogP contribution >= 0.6 is 0 Å². The largest absolute Gasteiger partial charge is 0.395 e. The summed E-state index contributed by atoms with van der Waals surface area (Å²) < 4.78 is 15.4. The summed E-state index contributed by atoms with van der Waals surface area (Å²) >= 11 is 0. The topological polar surface area (TPSA) is 43.8 Å². The Morgan fingerprint density at radius 3 is 2.45 bits per heavy atom. The summed E-state index contributed by atoms with van der Waals surface area (Å²) in [5.41, 5.74) is 0. The molecule has 1 atom stereocenters. The van der Waals surface area contributed by atoms with Gasteiger partial charge in [-0.3, -0.25) is 4.90 Å². The van der Waals surface area contributed by atoms with Crippen molar-refractivity contribution < 1.29 is 9.32 Å². The molecule has 0 aromatic heterocycles. The van der Waals surface area contributed by atoms with Crippen LogP contribution in [-0.4, -0.2) is 63.7 Å². The van der Waals surface area contributed by atoms with E-state index in [0.717, 1.165) is 28.8 Å². The Labute approximate surface area is 132 Å². The number of hydrogen-bond donors (Lipinski definition) is 1. The molecule has 2 aromatic carbocycles. The van der Waals surface area contributed by atoms with Gasteiger partial charge in [-0.1, -0.05) is 36.4 Å². The molecule has 0 amide bonds. The normalized spacial score (nSPS) is 20.0. The predicted octanol–water partition coefficient (Wildman–Crippen LogP) is 1.44. The fourth-order valence-corrected chi connectivity index (χ4v) is 4.85. The van der Waals surface area contributed by atoms with Crippen LogP contribution in [0.5, 0.6) is 0 Å². The third kappa shape index (κ3) is 2.90. The minimum Gasteiger partial charge on any atom is -0.395 e. The lowest BCUT2D eigenvalue weighted by molar-refractivity contribution is 0.153. The zero-order chi connectivity index (χ0) is 15.6. The zero-order valence-corrected chi connectivity index (χ0v) is 13.5. The van der Waals surface area contributed by atoms with E-state index in [-0.39, 0.29) is 6.61 Å². The molecule has 0 bridgehead atoms. The predicted molar refractivity (Wildman–Crippen MR) is 92.6 cm³/mol. The van der Waals surface area contributed by atoms with E-state index in [1.807, 2.05) is 46.8 Å². The van der Waals surface area contributed by atoms with Crippen molar-refractivity contribution in [3.63, 3.8) is 0 Å². The maximum absolute atomic E-state index is 13.4. The molecule has 1 unspecified atom stereocenters.